The van der Waals surface area contributed by atoms with Gasteiger partial charge in [-0.1, -0.05) is 36.7 Å². The highest BCUT2D eigenvalue weighted by molar-refractivity contribution is 6.31. The minimum absolute atomic E-state index is 0.132. The molecule has 0 bridgehead atoms. The number of methoxy groups -OCH3 is 1. The maximum absolute atomic E-state index is 12.9. The molecule has 2 heterocycles. The van der Waals surface area contributed by atoms with Crippen LogP contribution in [0.4, 0.5) is 0 Å². The Morgan fingerprint density at radius 1 is 1.29 bits per heavy atom. The molecule has 0 fully saturated rings. The molecule has 2 unspecified atom stereocenters. The van der Waals surface area contributed by atoms with E-state index in [1.165, 1.54) is 11.7 Å². The molecular weight excluding hydrogens is 424 g/mol. The largest absolute Gasteiger partial charge is 0.489 e. The molecule has 0 saturated carbocycles. The average molecular weight is 447 g/mol. The lowest BCUT2D eigenvalue weighted by Gasteiger charge is -2.24. The maximum Gasteiger partial charge on any atom is 0.361 e. The fourth-order valence-electron chi connectivity index (χ4n) is 3.46. The smallest absolute Gasteiger partial charge is 0.361 e. The molecule has 0 spiro atoms. The van der Waals surface area contributed by atoms with Crippen LogP contribution >= 0.6 is 11.6 Å². The fourth-order valence-corrected chi connectivity index (χ4v) is 3.71. The number of rotatable bonds is 7. The van der Waals surface area contributed by atoms with Gasteiger partial charge in [0.15, 0.2) is 5.69 Å². The number of aromatic nitrogens is 4. The van der Waals surface area contributed by atoms with E-state index < -0.39 is 23.4 Å². The second-order valence-electron chi connectivity index (χ2n) is 6.88. The van der Waals surface area contributed by atoms with Gasteiger partial charge in [-0.05, 0) is 18.6 Å². The third-order valence-corrected chi connectivity index (χ3v) is 5.26. The van der Waals surface area contributed by atoms with E-state index in [4.69, 9.17) is 25.5 Å². The first-order chi connectivity index (χ1) is 14.8. The molecule has 0 N–H and O–H groups in total. The molecule has 3 rings (SSSR count). The molecule has 3 aromatic rings. The molecule has 164 valence electrons. The van der Waals surface area contributed by atoms with E-state index in [9.17, 15) is 9.59 Å². The van der Waals surface area contributed by atoms with Crippen LogP contribution in [0.25, 0.3) is 0 Å². The number of esters is 1. The lowest BCUT2D eigenvalue weighted by atomic mass is 9.86. The zero-order valence-corrected chi connectivity index (χ0v) is 18.6. The summed E-state index contributed by atoms with van der Waals surface area (Å²) in [6, 6.07) is 7.25. The van der Waals surface area contributed by atoms with Crippen LogP contribution in [0.1, 0.15) is 59.3 Å². The van der Waals surface area contributed by atoms with Crippen LogP contribution in [0.2, 0.25) is 5.02 Å². The van der Waals surface area contributed by atoms with Crippen molar-refractivity contribution in [3.05, 3.63) is 68.5 Å². The second kappa shape index (κ2) is 9.30. The van der Waals surface area contributed by atoms with Gasteiger partial charge in [0.1, 0.15) is 5.82 Å². The molecule has 0 saturated heterocycles. The Labute approximate surface area is 184 Å². The summed E-state index contributed by atoms with van der Waals surface area (Å²) in [4.78, 5) is 29.9. The Balaban J connectivity index is 2.22. The molecule has 0 aliphatic rings. The first kappa shape index (κ1) is 22.5. The average Bonchev–Trinajstić information content (AvgIpc) is 3.17. The van der Waals surface area contributed by atoms with Crippen LogP contribution in [-0.2, 0) is 11.8 Å². The molecular formula is C21H23ClN4O5. The second-order valence-corrected chi connectivity index (χ2v) is 7.29. The van der Waals surface area contributed by atoms with Crippen LogP contribution in [0.15, 0.2) is 33.5 Å². The van der Waals surface area contributed by atoms with Crippen molar-refractivity contribution in [2.75, 3.05) is 13.7 Å². The van der Waals surface area contributed by atoms with Crippen molar-refractivity contribution in [1.82, 2.24) is 19.7 Å². The zero-order chi connectivity index (χ0) is 22.7. The molecule has 2 atom stereocenters. The third-order valence-electron chi connectivity index (χ3n) is 4.91. The number of aryl methyl sites for hydroxylation is 1. The first-order valence-electron chi connectivity index (χ1n) is 9.66. The summed E-state index contributed by atoms with van der Waals surface area (Å²) in [5.74, 6) is -0.889. The van der Waals surface area contributed by atoms with Gasteiger partial charge in [-0.15, -0.1) is 10.2 Å². The Hall–Kier alpha value is -3.20. The van der Waals surface area contributed by atoms with Crippen LogP contribution in [0.3, 0.4) is 0 Å². The lowest BCUT2D eigenvalue weighted by Crippen LogP contribution is -2.30. The SMILES string of the molecule is CCOC(=O)c1nc(C(C)C(c2nnc(C)o2)c2ccccc2Cl)n(C)c(=O)c1OC. The zero-order valence-electron chi connectivity index (χ0n) is 17.9. The predicted octanol–water partition coefficient (Wildman–Crippen LogP) is 3.25. The van der Waals surface area contributed by atoms with Crippen LogP contribution in [0, 0.1) is 6.92 Å². The van der Waals surface area contributed by atoms with Gasteiger partial charge >= 0.3 is 5.97 Å². The number of halogens is 1. The quantitative estimate of drug-likeness (QED) is 0.509. The number of carbonyl (C=O) groups excluding carboxylic acids is 1. The highest BCUT2D eigenvalue weighted by Crippen LogP contribution is 2.40. The van der Waals surface area contributed by atoms with Gasteiger partial charge < -0.3 is 13.9 Å². The van der Waals surface area contributed by atoms with Crippen molar-refractivity contribution in [2.45, 2.75) is 32.6 Å². The molecule has 2 aromatic heterocycles. The summed E-state index contributed by atoms with van der Waals surface area (Å²) in [6.45, 7) is 5.33. The Bertz CT molecular complexity index is 1160. The summed E-state index contributed by atoms with van der Waals surface area (Å²) in [7, 11) is 2.86. The van der Waals surface area contributed by atoms with E-state index in [0.717, 1.165) is 5.56 Å². The Morgan fingerprint density at radius 2 is 2.00 bits per heavy atom. The van der Waals surface area contributed by atoms with Crippen molar-refractivity contribution in [1.29, 1.82) is 0 Å². The molecule has 10 heteroatoms. The summed E-state index contributed by atoms with van der Waals surface area (Å²) >= 11 is 6.48. The molecule has 9 nitrogen and oxygen atoms in total. The van der Waals surface area contributed by atoms with Crippen LogP contribution < -0.4 is 10.3 Å². The van der Waals surface area contributed by atoms with Gasteiger partial charge in [0, 0.05) is 24.9 Å². The van der Waals surface area contributed by atoms with E-state index in [1.54, 1.807) is 27.0 Å². The Kier molecular flexibility index (Phi) is 6.74. The monoisotopic (exact) mass is 446 g/mol. The minimum Gasteiger partial charge on any atom is -0.489 e. The van der Waals surface area contributed by atoms with E-state index in [-0.39, 0.29) is 18.1 Å². The first-order valence-corrected chi connectivity index (χ1v) is 10.0. The van der Waals surface area contributed by atoms with E-state index in [1.807, 2.05) is 25.1 Å². The van der Waals surface area contributed by atoms with Gasteiger partial charge in [-0.2, -0.15) is 0 Å². The summed E-state index contributed by atoms with van der Waals surface area (Å²) in [6.07, 6.45) is 0. The van der Waals surface area contributed by atoms with Gasteiger partial charge in [0.2, 0.25) is 17.5 Å². The van der Waals surface area contributed by atoms with Gasteiger partial charge in [0.05, 0.1) is 19.6 Å². The lowest BCUT2D eigenvalue weighted by molar-refractivity contribution is 0.0514. The molecule has 0 radical (unpaired) electrons. The standard InChI is InChI=1S/C21H23ClN4O5/c1-6-30-21(28)16-17(29-5)20(27)26(4)18(23-16)11(2)15(19-25-24-12(3)31-19)13-9-7-8-10-14(13)22/h7-11,15H,6H2,1-5H3. The molecule has 0 aliphatic heterocycles. The number of hydrogen-bond donors (Lipinski definition) is 0. The minimum atomic E-state index is -0.742. The summed E-state index contributed by atoms with van der Waals surface area (Å²) < 4.78 is 17.3. The highest BCUT2D eigenvalue weighted by Gasteiger charge is 2.34. The Morgan fingerprint density at radius 3 is 2.58 bits per heavy atom. The molecule has 31 heavy (non-hydrogen) atoms. The van der Waals surface area contributed by atoms with Crippen molar-refractivity contribution in [2.24, 2.45) is 7.05 Å². The number of nitrogens with zero attached hydrogens (tertiary/aromatic N) is 4. The number of ether oxygens (including phenoxy) is 2. The van der Waals surface area contributed by atoms with Crippen molar-refractivity contribution in [3.63, 3.8) is 0 Å². The predicted molar refractivity (Wildman–Crippen MR) is 113 cm³/mol. The third kappa shape index (κ3) is 4.32. The van der Waals surface area contributed by atoms with Gasteiger partial charge in [0.25, 0.3) is 5.56 Å². The molecule has 1 aromatic carbocycles. The van der Waals surface area contributed by atoms with Crippen molar-refractivity contribution >= 4 is 17.6 Å². The number of benzene rings is 1. The van der Waals surface area contributed by atoms with E-state index >= 15 is 0 Å². The normalized spacial score (nSPS) is 13.0. The number of carbonyl (C=O) groups is 1. The number of hydrogen-bond acceptors (Lipinski definition) is 8. The van der Waals surface area contributed by atoms with E-state index in [0.29, 0.717) is 22.6 Å². The van der Waals surface area contributed by atoms with E-state index in [2.05, 4.69) is 15.2 Å². The van der Waals surface area contributed by atoms with Crippen LogP contribution in [-0.4, -0.2) is 39.4 Å². The molecule has 0 amide bonds. The van der Waals surface area contributed by atoms with Crippen LogP contribution in [0.5, 0.6) is 5.75 Å². The summed E-state index contributed by atoms with van der Waals surface area (Å²) in [5, 5.41) is 8.61. The maximum atomic E-state index is 12.9. The van der Waals surface area contributed by atoms with Crippen molar-refractivity contribution < 1.29 is 18.7 Å². The van der Waals surface area contributed by atoms with Crippen molar-refractivity contribution in [3.8, 4) is 5.75 Å². The highest BCUT2D eigenvalue weighted by atomic mass is 35.5. The topological polar surface area (TPSA) is 109 Å². The van der Waals surface area contributed by atoms with Gasteiger partial charge in [-0.25, -0.2) is 9.78 Å². The summed E-state index contributed by atoms with van der Waals surface area (Å²) in [5.41, 5.74) is 0.0269. The van der Waals surface area contributed by atoms with Gasteiger partial charge in [-0.3, -0.25) is 9.36 Å². The fraction of sp³-hybridized carbons (Fsp3) is 0.381. The molecule has 0 aliphatic carbocycles.